The number of hydrogen-bond donors (Lipinski definition) is 0. The Hall–Kier alpha value is 1.54. The maximum atomic E-state index is 6.00. The van der Waals surface area contributed by atoms with Crippen LogP contribution in [-0.4, -0.2) is 15.0 Å². The molecule has 84 valence electrons. The van der Waals surface area contributed by atoms with Gasteiger partial charge in [0.1, 0.15) is 0 Å². The van der Waals surface area contributed by atoms with E-state index in [1.807, 2.05) is 0 Å². The number of rotatable bonds is 6. The van der Waals surface area contributed by atoms with Crippen molar-refractivity contribution < 1.29 is 0 Å². The zero-order valence-corrected chi connectivity index (χ0v) is 13.0. The molecule has 0 saturated heterocycles. The maximum absolute atomic E-state index is 6.00. The Labute approximate surface area is 113 Å². The fourth-order valence-corrected chi connectivity index (χ4v) is 5.99. The van der Waals surface area contributed by atoms with Crippen molar-refractivity contribution in [1.29, 1.82) is 0 Å². The summed E-state index contributed by atoms with van der Waals surface area (Å²) in [6.45, 7) is 2.22. The van der Waals surface area contributed by atoms with Crippen LogP contribution in [0.3, 0.4) is 0 Å². The Bertz CT molecular complexity index is 191. The summed E-state index contributed by atoms with van der Waals surface area (Å²) in [6, 6.07) is 0. The van der Waals surface area contributed by atoms with Crippen LogP contribution in [0.25, 0.3) is 0 Å². The van der Waals surface area contributed by atoms with Gasteiger partial charge < -0.3 is 0 Å². The first kappa shape index (κ1) is 13.6. The fraction of sp³-hybridized carbons (Fsp3) is 1.00. The normalized spacial score (nSPS) is 27.6. The molecule has 0 aromatic rings. The molecule has 0 spiro atoms. The maximum Gasteiger partial charge on any atom is 0.0922 e. The highest BCUT2D eigenvalue weighted by Gasteiger charge is 2.72. The van der Waals surface area contributed by atoms with Gasteiger partial charge in [-0.2, -0.15) is 0 Å². The van der Waals surface area contributed by atoms with E-state index < -0.39 is 0 Å². The molecule has 0 aliphatic heterocycles. The molecule has 1 aliphatic rings. The lowest BCUT2D eigenvalue weighted by Crippen LogP contribution is -2.13. The average Bonchev–Trinajstić information content (AvgIpc) is 2.64. The van der Waals surface area contributed by atoms with Gasteiger partial charge >= 0.3 is 0 Å². The van der Waals surface area contributed by atoms with Crippen molar-refractivity contribution in [3.05, 3.63) is 0 Å². The predicted molar refractivity (Wildman–Crippen MR) is 72.1 cm³/mol. The molecule has 0 aromatic carbocycles. The highest BCUT2D eigenvalue weighted by Crippen LogP contribution is 2.73. The third-order valence-corrected chi connectivity index (χ3v) is 6.90. The van der Waals surface area contributed by atoms with Gasteiger partial charge in [-0.05, 0) is 12.3 Å². The Morgan fingerprint density at radius 3 is 2.07 bits per heavy atom. The largest absolute Gasteiger partial charge is 0.126 e. The number of halogens is 4. The van der Waals surface area contributed by atoms with Gasteiger partial charge in [0.25, 0.3) is 0 Å². The summed E-state index contributed by atoms with van der Waals surface area (Å²) in [4.78, 5) is 0. The molecule has 0 N–H and O–H groups in total. The Morgan fingerprint density at radius 2 is 1.71 bits per heavy atom. The first-order valence-electron chi connectivity index (χ1n) is 5.06. The van der Waals surface area contributed by atoms with E-state index in [0.717, 1.165) is 0 Å². The van der Waals surface area contributed by atoms with Crippen molar-refractivity contribution in [2.75, 3.05) is 11.8 Å². The quantitative estimate of drug-likeness (QED) is 0.450. The predicted octanol–water partition coefficient (Wildman–Crippen LogP) is 5.15. The minimum Gasteiger partial charge on any atom is -0.126 e. The van der Waals surface area contributed by atoms with E-state index in [-0.39, 0.29) is 8.65 Å². The number of alkyl halides is 4. The zero-order valence-electron chi connectivity index (χ0n) is 8.33. The van der Waals surface area contributed by atoms with Gasteiger partial charge in [-0.1, -0.05) is 58.0 Å². The van der Waals surface area contributed by atoms with E-state index in [0.29, 0.717) is 17.7 Å². The zero-order chi connectivity index (χ0) is 10.8. The average molecular weight is 367 g/mol. The standard InChI is InChI=1S/C10H16Br2Cl2/c1-2-3-4-5-8-9(6-13,7-14)10(8,11)12/h8H,2-7H2,1H3. The summed E-state index contributed by atoms with van der Waals surface area (Å²) in [5.74, 6) is 1.84. The lowest BCUT2D eigenvalue weighted by molar-refractivity contribution is 0.516. The molecule has 1 atom stereocenters. The molecular weight excluding hydrogens is 351 g/mol. The van der Waals surface area contributed by atoms with Crippen LogP contribution in [0.2, 0.25) is 0 Å². The van der Waals surface area contributed by atoms with Crippen LogP contribution >= 0.6 is 55.1 Å². The van der Waals surface area contributed by atoms with Crippen LogP contribution in [0.4, 0.5) is 0 Å². The second kappa shape index (κ2) is 5.25. The van der Waals surface area contributed by atoms with Crippen LogP contribution in [-0.2, 0) is 0 Å². The molecule has 1 saturated carbocycles. The Balaban J connectivity index is 2.47. The Morgan fingerprint density at radius 1 is 1.14 bits per heavy atom. The first-order chi connectivity index (χ1) is 6.56. The fourth-order valence-electron chi connectivity index (χ4n) is 2.05. The third-order valence-electron chi connectivity index (χ3n) is 3.26. The molecule has 0 radical (unpaired) electrons. The molecular formula is C10H16Br2Cl2. The summed E-state index contributed by atoms with van der Waals surface area (Å²) < 4.78 is -0.00968. The second-order valence-electron chi connectivity index (χ2n) is 4.09. The van der Waals surface area contributed by atoms with Crippen molar-refractivity contribution in [1.82, 2.24) is 0 Å². The highest BCUT2D eigenvalue weighted by molar-refractivity contribution is 9.25. The van der Waals surface area contributed by atoms with E-state index in [9.17, 15) is 0 Å². The van der Waals surface area contributed by atoms with Crippen molar-refractivity contribution in [3.8, 4) is 0 Å². The van der Waals surface area contributed by atoms with Gasteiger partial charge in [0, 0.05) is 17.2 Å². The number of hydrogen-bond acceptors (Lipinski definition) is 0. The summed E-state index contributed by atoms with van der Waals surface area (Å²) in [5.41, 5.74) is 0.0594. The van der Waals surface area contributed by atoms with E-state index in [4.69, 9.17) is 23.2 Å². The van der Waals surface area contributed by atoms with Crippen LogP contribution in [0, 0.1) is 11.3 Å². The molecule has 1 rings (SSSR count). The van der Waals surface area contributed by atoms with Crippen LogP contribution in [0.1, 0.15) is 32.6 Å². The van der Waals surface area contributed by atoms with E-state index in [2.05, 4.69) is 38.8 Å². The van der Waals surface area contributed by atoms with Gasteiger partial charge in [-0.3, -0.25) is 0 Å². The van der Waals surface area contributed by atoms with Crippen molar-refractivity contribution >= 4 is 55.1 Å². The SMILES string of the molecule is CCCCCC1C(Br)(Br)C1(CCl)CCl. The van der Waals surface area contributed by atoms with Crippen molar-refractivity contribution in [2.45, 2.75) is 35.8 Å². The minimum atomic E-state index is -0.00968. The smallest absolute Gasteiger partial charge is 0.0922 e. The first-order valence-corrected chi connectivity index (χ1v) is 7.72. The van der Waals surface area contributed by atoms with Crippen molar-refractivity contribution in [2.24, 2.45) is 11.3 Å². The molecule has 1 fully saturated rings. The lowest BCUT2D eigenvalue weighted by atomic mass is 10.0. The van der Waals surface area contributed by atoms with E-state index in [1.54, 1.807) is 0 Å². The van der Waals surface area contributed by atoms with E-state index in [1.165, 1.54) is 25.7 Å². The second-order valence-corrected chi connectivity index (χ2v) is 8.20. The highest BCUT2D eigenvalue weighted by atomic mass is 79.9. The molecule has 0 nitrogen and oxygen atoms in total. The molecule has 1 unspecified atom stereocenters. The lowest BCUT2D eigenvalue weighted by Gasteiger charge is -2.10. The summed E-state index contributed by atoms with van der Waals surface area (Å²) in [5, 5.41) is 0. The third kappa shape index (κ3) is 2.14. The molecule has 4 heteroatoms. The van der Waals surface area contributed by atoms with Crippen molar-refractivity contribution in [3.63, 3.8) is 0 Å². The molecule has 0 aromatic heterocycles. The molecule has 0 heterocycles. The Kier molecular flexibility index (Phi) is 5.10. The molecule has 14 heavy (non-hydrogen) atoms. The molecule has 0 bridgehead atoms. The van der Waals surface area contributed by atoms with Gasteiger partial charge in [-0.15, -0.1) is 23.2 Å². The topological polar surface area (TPSA) is 0 Å². The van der Waals surface area contributed by atoms with Gasteiger partial charge in [0.05, 0.1) is 3.23 Å². The summed E-state index contributed by atoms with van der Waals surface area (Å²) in [6.07, 6.45) is 5.05. The molecule has 1 aliphatic carbocycles. The van der Waals surface area contributed by atoms with Crippen LogP contribution in [0.5, 0.6) is 0 Å². The van der Waals surface area contributed by atoms with Gasteiger partial charge in [-0.25, -0.2) is 0 Å². The molecule has 0 amide bonds. The summed E-state index contributed by atoms with van der Waals surface area (Å²) >= 11 is 19.4. The van der Waals surface area contributed by atoms with Crippen LogP contribution in [0.15, 0.2) is 0 Å². The number of unbranched alkanes of at least 4 members (excludes halogenated alkanes) is 2. The van der Waals surface area contributed by atoms with E-state index >= 15 is 0 Å². The van der Waals surface area contributed by atoms with Gasteiger partial charge in [0.2, 0.25) is 0 Å². The van der Waals surface area contributed by atoms with Crippen LogP contribution < -0.4 is 0 Å². The minimum absolute atomic E-state index is 0.00968. The van der Waals surface area contributed by atoms with Gasteiger partial charge in [0.15, 0.2) is 0 Å². The summed E-state index contributed by atoms with van der Waals surface area (Å²) in [7, 11) is 0. The monoisotopic (exact) mass is 364 g/mol.